The number of carbonyl (C=O) groups excluding carboxylic acids is 1. The maximum absolute atomic E-state index is 13.0. The molecule has 174 valence electrons. The van der Waals surface area contributed by atoms with E-state index in [0.717, 1.165) is 18.2 Å². The molecule has 0 aliphatic carbocycles. The van der Waals surface area contributed by atoms with E-state index < -0.39 is 29.4 Å². The summed E-state index contributed by atoms with van der Waals surface area (Å²) >= 11 is 0. The Morgan fingerprint density at radius 1 is 1.12 bits per heavy atom. The Balaban J connectivity index is 1.67. The van der Waals surface area contributed by atoms with Gasteiger partial charge in [-0.2, -0.15) is 18.3 Å². The highest BCUT2D eigenvalue weighted by molar-refractivity contribution is 6.05. The van der Waals surface area contributed by atoms with E-state index in [9.17, 15) is 22.8 Å². The number of amides is 1. The quantitative estimate of drug-likeness (QED) is 0.421. The number of carboxylic acids is 1. The molecule has 3 aromatic heterocycles. The zero-order chi connectivity index (χ0) is 24.3. The van der Waals surface area contributed by atoms with E-state index in [4.69, 9.17) is 9.84 Å². The summed E-state index contributed by atoms with van der Waals surface area (Å²) in [6.45, 7) is -0.346. The van der Waals surface area contributed by atoms with Gasteiger partial charge in [-0.25, -0.2) is 4.98 Å². The number of aliphatic carboxylic acids is 1. The van der Waals surface area contributed by atoms with Gasteiger partial charge < -0.3 is 15.2 Å². The molecule has 4 rings (SSSR count). The van der Waals surface area contributed by atoms with Gasteiger partial charge in [-0.15, -0.1) is 0 Å². The molecular weight excluding hydrogens is 455 g/mol. The predicted molar refractivity (Wildman–Crippen MR) is 113 cm³/mol. The van der Waals surface area contributed by atoms with Crippen LogP contribution in [0, 0.1) is 0 Å². The minimum Gasteiger partial charge on any atom is -0.485 e. The van der Waals surface area contributed by atoms with E-state index in [-0.39, 0.29) is 24.6 Å². The fourth-order valence-electron chi connectivity index (χ4n) is 3.08. The molecule has 1 aromatic carbocycles. The third-order valence-corrected chi connectivity index (χ3v) is 4.57. The number of halogens is 3. The molecule has 0 unspecified atom stereocenters. The van der Waals surface area contributed by atoms with Crippen LogP contribution in [0.4, 0.5) is 18.9 Å². The molecule has 34 heavy (non-hydrogen) atoms. The number of pyridine rings is 2. The second-order valence-electron chi connectivity index (χ2n) is 7.10. The van der Waals surface area contributed by atoms with E-state index in [2.05, 4.69) is 20.4 Å². The third kappa shape index (κ3) is 5.28. The molecule has 0 fully saturated rings. The highest BCUT2D eigenvalue weighted by atomic mass is 19.4. The molecule has 0 radical (unpaired) electrons. The van der Waals surface area contributed by atoms with Crippen molar-refractivity contribution in [3.05, 3.63) is 78.0 Å². The first-order chi connectivity index (χ1) is 16.2. The molecule has 0 atom stereocenters. The number of nitrogens with zero attached hydrogens (tertiary/aromatic N) is 4. The maximum Gasteiger partial charge on any atom is 0.433 e. The number of ether oxygens (including phenoxy) is 1. The largest absolute Gasteiger partial charge is 0.485 e. The Bertz CT molecular complexity index is 1360. The van der Waals surface area contributed by atoms with Crippen molar-refractivity contribution in [1.29, 1.82) is 0 Å². The number of carbonyl (C=O) groups is 2. The Morgan fingerprint density at radius 2 is 1.94 bits per heavy atom. The molecule has 0 saturated heterocycles. The topological polar surface area (TPSA) is 119 Å². The lowest BCUT2D eigenvalue weighted by Crippen LogP contribution is -2.17. The number of benzene rings is 1. The van der Waals surface area contributed by atoms with Crippen LogP contribution in [0.1, 0.15) is 21.9 Å². The number of aromatic nitrogens is 4. The average Bonchev–Trinajstić information content (AvgIpc) is 3.18. The number of fused-ring (bicyclic) bond motifs is 1. The van der Waals surface area contributed by atoms with Gasteiger partial charge in [0.25, 0.3) is 5.91 Å². The first-order valence-corrected chi connectivity index (χ1v) is 9.80. The van der Waals surface area contributed by atoms with Crippen LogP contribution >= 0.6 is 0 Å². The normalized spacial score (nSPS) is 11.4. The number of hydrogen-bond donors (Lipinski definition) is 2. The summed E-state index contributed by atoms with van der Waals surface area (Å²) in [5.74, 6) is -1.81. The lowest BCUT2D eigenvalue weighted by Gasteiger charge is -2.13. The Labute approximate surface area is 189 Å². The Hall–Kier alpha value is -4.48. The van der Waals surface area contributed by atoms with Crippen molar-refractivity contribution >= 4 is 28.5 Å². The summed E-state index contributed by atoms with van der Waals surface area (Å²) in [4.78, 5) is 31.2. The molecule has 9 nitrogen and oxygen atoms in total. The molecule has 0 spiro atoms. The Kier molecular flexibility index (Phi) is 6.13. The van der Waals surface area contributed by atoms with Crippen molar-refractivity contribution < 1.29 is 32.6 Å². The van der Waals surface area contributed by atoms with Gasteiger partial charge >= 0.3 is 12.1 Å². The zero-order valence-electron chi connectivity index (χ0n) is 17.3. The summed E-state index contributed by atoms with van der Waals surface area (Å²) < 4.78 is 45.9. The second-order valence-corrected chi connectivity index (χ2v) is 7.10. The molecule has 2 N–H and O–H groups in total. The van der Waals surface area contributed by atoms with Gasteiger partial charge in [0.05, 0.1) is 16.9 Å². The monoisotopic (exact) mass is 471 g/mol. The van der Waals surface area contributed by atoms with Crippen molar-refractivity contribution in [1.82, 2.24) is 19.7 Å². The van der Waals surface area contributed by atoms with E-state index in [1.807, 2.05) is 0 Å². The van der Waals surface area contributed by atoms with Crippen LogP contribution in [0.3, 0.4) is 0 Å². The average molecular weight is 471 g/mol. The summed E-state index contributed by atoms with van der Waals surface area (Å²) in [7, 11) is 0. The van der Waals surface area contributed by atoms with Crippen LogP contribution in [0.5, 0.6) is 5.75 Å². The fraction of sp³-hybridized carbons (Fsp3) is 0.136. The van der Waals surface area contributed by atoms with Crippen molar-refractivity contribution in [3.8, 4) is 5.75 Å². The predicted octanol–water partition coefficient (Wildman–Crippen LogP) is 3.76. The molecule has 0 saturated carbocycles. The maximum atomic E-state index is 13.0. The minimum atomic E-state index is -4.70. The molecule has 0 aliphatic rings. The molecular formula is C22H16F3N5O4. The second kappa shape index (κ2) is 9.17. The smallest absolute Gasteiger partial charge is 0.433 e. The van der Waals surface area contributed by atoms with Gasteiger partial charge in [0.15, 0.2) is 0 Å². The van der Waals surface area contributed by atoms with Gasteiger partial charge in [-0.1, -0.05) is 12.1 Å². The zero-order valence-corrected chi connectivity index (χ0v) is 17.3. The number of carboxylic acid groups (broad SMARTS) is 1. The van der Waals surface area contributed by atoms with Gasteiger partial charge in [-0.3, -0.25) is 19.3 Å². The molecule has 0 aliphatic heterocycles. The number of hydrogen-bond acceptors (Lipinski definition) is 6. The minimum absolute atomic E-state index is 0.0346. The van der Waals surface area contributed by atoms with Gasteiger partial charge in [0, 0.05) is 23.8 Å². The summed E-state index contributed by atoms with van der Waals surface area (Å²) in [5, 5.41) is 16.2. The van der Waals surface area contributed by atoms with Crippen LogP contribution in [-0.4, -0.2) is 36.7 Å². The van der Waals surface area contributed by atoms with E-state index in [1.54, 1.807) is 24.4 Å². The van der Waals surface area contributed by atoms with Gasteiger partial charge in [0.1, 0.15) is 30.3 Å². The van der Waals surface area contributed by atoms with Crippen molar-refractivity contribution in [2.24, 2.45) is 0 Å². The summed E-state index contributed by atoms with van der Waals surface area (Å²) in [6.07, 6.45) is -1.66. The highest BCUT2D eigenvalue weighted by Crippen LogP contribution is 2.32. The number of rotatable bonds is 7. The molecule has 12 heteroatoms. The lowest BCUT2D eigenvalue weighted by molar-refractivity contribution is -0.141. The standard InChI is InChI=1S/C22H16F3N5O4/c23-22(24,25)19-6-3-5-15(27-19)21(33)28-17-8-13-10-30(11-20(31)32)29-16(13)9-18(17)34-12-14-4-1-2-7-26-14/h1-10H,11-12H2,(H,28,33)(H,31,32). The van der Waals surface area contributed by atoms with Crippen molar-refractivity contribution in [2.45, 2.75) is 19.3 Å². The van der Waals surface area contributed by atoms with Crippen LogP contribution in [-0.2, 0) is 24.1 Å². The first kappa shape index (κ1) is 22.7. The van der Waals surface area contributed by atoms with Crippen molar-refractivity contribution in [3.63, 3.8) is 0 Å². The lowest BCUT2D eigenvalue weighted by atomic mass is 10.2. The summed E-state index contributed by atoms with van der Waals surface area (Å²) in [6, 6.07) is 11.2. The molecule has 4 aromatic rings. The molecule has 1 amide bonds. The van der Waals surface area contributed by atoms with Gasteiger partial charge in [-0.05, 0) is 30.3 Å². The number of nitrogens with one attached hydrogen (secondary N) is 1. The molecule has 3 heterocycles. The first-order valence-electron chi connectivity index (χ1n) is 9.80. The van der Waals surface area contributed by atoms with E-state index in [1.165, 1.54) is 23.0 Å². The van der Waals surface area contributed by atoms with Crippen LogP contribution in [0.25, 0.3) is 10.9 Å². The number of anilines is 1. The SMILES string of the molecule is O=C(O)Cn1cc2cc(NC(=O)c3cccc(C(F)(F)F)n3)c(OCc3ccccn3)cc2n1. The third-order valence-electron chi connectivity index (χ3n) is 4.57. The fourth-order valence-corrected chi connectivity index (χ4v) is 3.08. The molecule has 0 bridgehead atoms. The van der Waals surface area contributed by atoms with Crippen LogP contribution in [0.15, 0.2) is 60.9 Å². The summed E-state index contributed by atoms with van der Waals surface area (Å²) in [5.41, 5.74) is -0.504. The van der Waals surface area contributed by atoms with E-state index >= 15 is 0 Å². The van der Waals surface area contributed by atoms with Gasteiger partial charge in [0.2, 0.25) is 0 Å². The van der Waals surface area contributed by atoms with Crippen LogP contribution < -0.4 is 10.1 Å². The Morgan fingerprint density at radius 3 is 2.65 bits per heavy atom. The van der Waals surface area contributed by atoms with Crippen molar-refractivity contribution in [2.75, 3.05) is 5.32 Å². The highest BCUT2D eigenvalue weighted by Gasteiger charge is 2.33. The van der Waals surface area contributed by atoms with Crippen LogP contribution in [0.2, 0.25) is 0 Å². The number of alkyl halides is 3. The van der Waals surface area contributed by atoms with E-state index in [0.29, 0.717) is 16.6 Å².